The fourth-order valence-corrected chi connectivity index (χ4v) is 1.75. The summed E-state index contributed by atoms with van der Waals surface area (Å²) in [4.78, 5) is 27.4. The molecule has 1 amide bonds. The standard InChI is InChI=1S/C13H17N5O4/c1-13(2,3)22-12(21)16-9-8(11(19)20)10-15-7(14-4)5-6-18(10)17-9/h5-6H,1-4H3,(H,14,15)(H,19,20)(H,16,17,21). The second-order valence-electron chi connectivity index (χ2n) is 5.49. The van der Waals surface area contributed by atoms with E-state index in [-0.39, 0.29) is 17.0 Å². The lowest BCUT2D eigenvalue weighted by molar-refractivity contribution is 0.0635. The first-order chi connectivity index (χ1) is 10.2. The minimum absolute atomic E-state index is 0.116. The van der Waals surface area contributed by atoms with E-state index in [1.54, 1.807) is 40.1 Å². The van der Waals surface area contributed by atoms with Crippen molar-refractivity contribution in [2.45, 2.75) is 26.4 Å². The van der Waals surface area contributed by atoms with Crippen molar-refractivity contribution in [3.63, 3.8) is 0 Å². The molecule has 0 bridgehead atoms. The molecule has 0 saturated heterocycles. The number of hydrogen-bond donors (Lipinski definition) is 3. The van der Waals surface area contributed by atoms with Gasteiger partial charge in [0, 0.05) is 13.2 Å². The van der Waals surface area contributed by atoms with Gasteiger partial charge < -0.3 is 15.2 Å². The molecule has 9 heteroatoms. The van der Waals surface area contributed by atoms with Crippen molar-refractivity contribution in [2.75, 3.05) is 17.7 Å². The molecule has 0 aromatic carbocycles. The van der Waals surface area contributed by atoms with Crippen LogP contribution in [0.3, 0.4) is 0 Å². The van der Waals surface area contributed by atoms with Crippen LogP contribution < -0.4 is 10.6 Å². The molecule has 2 heterocycles. The number of carbonyl (C=O) groups is 2. The highest BCUT2D eigenvalue weighted by Crippen LogP contribution is 2.21. The second kappa shape index (κ2) is 5.51. The number of carboxylic acid groups (broad SMARTS) is 1. The SMILES string of the molecule is CNc1ccn2nc(NC(=O)OC(C)(C)C)c(C(=O)O)c2n1. The quantitative estimate of drug-likeness (QED) is 0.791. The summed E-state index contributed by atoms with van der Waals surface area (Å²) in [6.07, 6.45) is 0.758. The molecule has 22 heavy (non-hydrogen) atoms. The molecule has 0 saturated carbocycles. The van der Waals surface area contributed by atoms with E-state index in [0.29, 0.717) is 5.82 Å². The smallest absolute Gasteiger partial charge is 0.413 e. The topological polar surface area (TPSA) is 118 Å². The molecule has 0 aliphatic rings. The molecule has 3 N–H and O–H groups in total. The fraction of sp³-hybridized carbons (Fsp3) is 0.385. The Morgan fingerprint density at radius 3 is 2.59 bits per heavy atom. The van der Waals surface area contributed by atoms with E-state index in [0.717, 1.165) is 0 Å². The zero-order valence-electron chi connectivity index (χ0n) is 12.7. The zero-order chi connectivity index (χ0) is 16.5. The van der Waals surface area contributed by atoms with Crippen molar-refractivity contribution in [1.82, 2.24) is 14.6 Å². The lowest BCUT2D eigenvalue weighted by Crippen LogP contribution is -2.27. The summed E-state index contributed by atoms with van der Waals surface area (Å²) in [5.41, 5.74) is -0.794. The Bertz CT molecular complexity index is 732. The zero-order valence-corrected chi connectivity index (χ0v) is 12.7. The third-order valence-corrected chi connectivity index (χ3v) is 2.57. The van der Waals surface area contributed by atoms with Crippen LogP contribution in [0.25, 0.3) is 5.65 Å². The number of nitrogens with one attached hydrogen (secondary N) is 2. The minimum Gasteiger partial charge on any atom is -0.477 e. The van der Waals surface area contributed by atoms with Crippen LogP contribution in [0.4, 0.5) is 16.4 Å². The molecule has 0 unspecified atom stereocenters. The fourth-order valence-electron chi connectivity index (χ4n) is 1.75. The molecule has 2 aromatic rings. The van der Waals surface area contributed by atoms with Crippen LogP contribution in [0.5, 0.6) is 0 Å². The van der Waals surface area contributed by atoms with Crippen LogP contribution in [0, 0.1) is 0 Å². The average Bonchev–Trinajstić information content (AvgIpc) is 2.72. The highest BCUT2D eigenvalue weighted by atomic mass is 16.6. The highest BCUT2D eigenvalue weighted by Gasteiger charge is 2.24. The van der Waals surface area contributed by atoms with Gasteiger partial charge in [-0.05, 0) is 26.8 Å². The number of nitrogens with zero attached hydrogens (tertiary/aromatic N) is 3. The van der Waals surface area contributed by atoms with Gasteiger partial charge in [0.25, 0.3) is 0 Å². The summed E-state index contributed by atoms with van der Waals surface area (Å²) >= 11 is 0. The summed E-state index contributed by atoms with van der Waals surface area (Å²) in [5, 5.41) is 18.5. The number of hydrogen-bond acceptors (Lipinski definition) is 6. The van der Waals surface area contributed by atoms with Crippen LogP contribution in [0.1, 0.15) is 31.1 Å². The molecule has 2 aromatic heterocycles. The van der Waals surface area contributed by atoms with Crippen molar-refractivity contribution in [1.29, 1.82) is 0 Å². The van der Waals surface area contributed by atoms with Gasteiger partial charge in [0.1, 0.15) is 17.0 Å². The van der Waals surface area contributed by atoms with Crippen molar-refractivity contribution in [3.8, 4) is 0 Å². The van der Waals surface area contributed by atoms with E-state index in [4.69, 9.17) is 4.74 Å². The van der Waals surface area contributed by atoms with Crippen LogP contribution in [0.2, 0.25) is 0 Å². The molecule has 0 spiro atoms. The van der Waals surface area contributed by atoms with Crippen molar-refractivity contribution in [2.24, 2.45) is 0 Å². The van der Waals surface area contributed by atoms with Crippen LogP contribution in [-0.2, 0) is 4.74 Å². The van der Waals surface area contributed by atoms with E-state index in [1.165, 1.54) is 4.52 Å². The molecule has 118 valence electrons. The van der Waals surface area contributed by atoms with Gasteiger partial charge in [0.15, 0.2) is 11.5 Å². The predicted molar refractivity (Wildman–Crippen MR) is 79.3 cm³/mol. The lowest BCUT2D eigenvalue weighted by atomic mass is 10.2. The Morgan fingerprint density at radius 1 is 1.36 bits per heavy atom. The first-order valence-corrected chi connectivity index (χ1v) is 6.51. The normalized spacial score (nSPS) is 11.3. The number of carboxylic acids is 1. The number of ether oxygens (including phenoxy) is 1. The molecular formula is C13H17N5O4. The Labute approximate surface area is 126 Å². The number of amides is 1. The first kappa shape index (κ1) is 15.5. The van der Waals surface area contributed by atoms with Gasteiger partial charge in [-0.1, -0.05) is 0 Å². The summed E-state index contributed by atoms with van der Waals surface area (Å²) in [6.45, 7) is 5.11. The summed E-state index contributed by atoms with van der Waals surface area (Å²) in [7, 11) is 1.66. The molecule has 0 fully saturated rings. The van der Waals surface area contributed by atoms with Crippen LogP contribution >= 0.6 is 0 Å². The van der Waals surface area contributed by atoms with Crippen LogP contribution in [0.15, 0.2) is 12.3 Å². The van der Waals surface area contributed by atoms with Gasteiger partial charge in [0.2, 0.25) is 0 Å². The van der Waals surface area contributed by atoms with E-state index >= 15 is 0 Å². The van der Waals surface area contributed by atoms with E-state index in [2.05, 4.69) is 20.7 Å². The number of fused-ring (bicyclic) bond motifs is 1. The van der Waals surface area contributed by atoms with E-state index < -0.39 is 17.7 Å². The van der Waals surface area contributed by atoms with Gasteiger partial charge >= 0.3 is 12.1 Å². The van der Waals surface area contributed by atoms with Crippen molar-refractivity contribution >= 4 is 29.3 Å². The predicted octanol–water partition coefficient (Wildman–Crippen LogP) is 1.82. The Kier molecular flexibility index (Phi) is 3.89. The molecule has 0 aliphatic heterocycles. The maximum Gasteiger partial charge on any atom is 0.413 e. The summed E-state index contributed by atoms with van der Waals surface area (Å²) in [5.74, 6) is -0.886. The number of anilines is 2. The van der Waals surface area contributed by atoms with E-state index in [9.17, 15) is 14.7 Å². The van der Waals surface area contributed by atoms with Gasteiger partial charge in [0.05, 0.1) is 0 Å². The Balaban J connectivity index is 2.43. The van der Waals surface area contributed by atoms with Gasteiger partial charge in [-0.2, -0.15) is 0 Å². The first-order valence-electron chi connectivity index (χ1n) is 6.51. The number of rotatable bonds is 3. The molecule has 0 atom stereocenters. The molecule has 9 nitrogen and oxygen atoms in total. The molecule has 0 aliphatic carbocycles. The minimum atomic E-state index is -1.25. The number of aromatic carboxylic acids is 1. The summed E-state index contributed by atoms with van der Waals surface area (Å²) in [6, 6.07) is 1.63. The van der Waals surface area contributed by atoms with Crippen molar-refractivity contribution in [3.05, 3.63) is 17.8 Å². The van der Waals surface area contributed by atoms with E-state index in [1.807, 2.05) is 0 Å². The van der Waals surface area contributed by atoms with Crippen LogP contribution in [-0.4, -0.2) is 44.4 Å². The monoisotopic (exact) mass is 307 g/mol. The number of carbonyl (C=O) groups excluding carboxylic acids is 1. The Hall–Kier alpha value is -2.84. The third-order valence-electron chi connectivity index (χ3n) is 2.57. The van der Waals surface area contributed by atoms with Gasteiger partial charge in [-0.3, -0.25) is 5.32 Å². The highest BCUT2D eigenvalue weighted by molar-refractivity contribution is 6.03. The maximum atomic E-state index is 11.8. The van der Waals surface area contributed by atoms with Gasteiger partial charge in [-0.25, -0.2) is 19.1 Å². The maximum absolute atomic E-state index is 11.8. The number of aromatic nitrogens is 3. The molecular weight excluding hydrogens is 290 g/mol. The molecule has 0 radical (unpaired) electrons. The average molecular weight is 307 g/mol. The van der Waals surface area contributed by atoms with Gasteiger partial charge in [-0.15, -0.1) is 5.10 Å². The van der Waals surface area contributed by atoms with Crippen molar-refractivity contribution < 1.29 is 19.4 Å². The lowest BCUT2D eigenvalue weighted by Gasteiger charge is -2.19. The Morgan fingerprint density at radius 2 is 2.05 bits per heavy atom. The second-order valence-corrected chi connectivity index (χ2v) is 5.49. The largest absolute Gasteiger partial charge is 0.477 e. The molecule has 2 rings (SSSR count). The third kappa shape index (κ3) is 3.25. The summed E-state index contributed by atoms with van der Waals surface area (Å²) < 4.78 is 6.37.